The van der Waals surface area contributed by atoms with Crippen LogP contribution in [0.25, 0.3) is 0 Å². The molecular weight excluding hydrogens is 300 g/mol. The standard InChI is InChI=1S/C19H30N4O/c1-14-4-6-15(7-5-14)23(16-8-9-16)19(24)18-10-12-22(21-18)17-3-2-11-20-13-17/h10,12,14-17,20H,2-9,11,13H2,1H3. The molecule has 2 heterocycles. The predicted molar refractivity (Wildman–Crippen MR) is 94.0 cm³/mol. The summed E-state index contributed by atoms with van der Waals surface area (Å²) in [5.74, 6) is 0.981. The van der Waals surface area contributed by atoms with Gasteiger partial charge in [0.05, 0.1) is 6.04 Å². The Morgan fingerprint density at radius 3 is 2.50 bits per heavy atom. The molecule has 1 aliphatic heterocycles. The number of carbonyl (C=O) groups excluding carboxylic acids is 1. The van der Waals surface area contributed by atoms with Crippen molar-refractivity contribution >= 4 is 5.91 Å². The van der Waals surface area contributed by atoms with E-state index in [9.17, 15) is 4.79 Å². The van der Waals surface area contributed by atoms with Crippen molar-refractivity contribution in [1.82, 2.24) is 20.0 Å². The van der Waals surface area contributed by atoms with E-state index in [2.05, 4.69) is 22.2 Å². The number of rotatable bonds is 4. The van der Waals surface area contributed by atoms with Crippen LogP contribution in [-0.2, 0) is 0 Å². The van der Waals surface area contributed by atoms with Crippen LogP contribution >= 0.6 is 0 Å². The first kappa shape index (κ1) is 16.1. The van der Waals surface area contributed by atoms with Crippen molar-refractivity contribution in [3.63, 3.8) is 0 Å². The molecule has 1 N–H and O–H groups in total. The third-order valence-corrected chi connectivity index (χ3v) is 6.03. The highest BCUT2D eigenvalue weighted by molar-refractivity contribution is 5.92. The maximum Gasteiger partial charge on any atom is 0.274 e. The van der Waals surface area contributed by atoms with Gasteiger partial charge in [0.1, 0.15) is 5.69 Å². The molecule has 1 saturated heterocycles. The minimum atomic E-state index is 0.166. The molecule has 0 spiro atoms. The monoisotopic (exact) mass is 330 g/mol. The molecule has 4 rings (SSSR count). The van der Waals surface area contributed by atoms with Crippen LogP contribution in [-0.4, -0.2) is 45.8 Å². The number of piperidine rings is 1. The molecule has 3 aliphatic rings. The summed E-state index contributed by atoms with van der Waals surface area (Å²) in [5.41, 5.74) is 0.645. The summed E-state index contributed by atoms with van der Waals surface area (Å²) in [6.07, 6.45) is 11.5. The zero-order valence-electron chi connectivity index (χ0n) is 14.8. The van der Waals surface area contributed by atoms with Crippen molar-refractivity contribution in [3.8, 4) is 0 Å². The molecule has 1 unspecified atom stereocenters. The molecule has 5 heteroatoms. The summed E-state index contributed by atoms with van der Waals surface area (Å²) in [4.78, 5) is 15.3. The molecule has 1 atom stereocenters. The minimum absolute atomic E-state index is 0.166. The average Bonchev–Trinajstić information content (AvgIpc) is 3.32. The van der Waals surface area contributed by atoms with Crippen LogP contribution in [0.3, 0.4) is 0 Å². The van der Waals surface area contributed by atoms with Gasteiger partial charge in [0, 0.05) is 24.8 Å². The molecule has 1 aromatic heterocycles. The summed E-state index contributed by atoms with van der Waals surface area (Å²) in [6, 6.07) is 3.22. The van der Waals surface area contributed by atoms with Gasteiger partial charge < -0.3 is 10.2 Å². The van der Waals surface area contributed by atoms with E-state index in [1.165, 1.54) is 32.1 Å². The van der Waals surface area contributed by atoms with E-state index >= 15 is 0 Å². The third kappa shape index (κ3) is 3.37. The fraction of sp³-hybridized carbons (Fsp3) is 0.789. The van der Waals surface area contributed by atoms with E-state index in [4.69, 9.17) is 0 Å². The van der Waals surface area contributed by atoms with Gasteiger partial charge in [-0.3, -0.25) is 9.48 Å². The Morgan fingerprint density at radius 1 is 1.17 bits per heavy atom. The summed E-state index contributed by atoms with van der Waals surface area (Å²) >= 11 is 0. The summed E-state index contributed by atoms with van der Waals surface area (Å²) < 4.78 is 2.01. The highest BCUT2D eigenvalue weighted by Crippen LogP contribution is 2.36. The summed E-state index contributed by atoms with van der Waals surface area (Å²) in [6.45, 7) is 4.39. The van der Waals surface area contributed by atoms with E-state index in [0.717, 1.165) is 38.3 Å². The molecule has 24 heavy (non-hydrogen) atoms. The van der Waals surface area contributed by atoms with E-state index < -0.39 is 0 Å². The molecule has 0 bridgehead atoms. The average molecular weight is 330 g/mol. The molecule has 0 radical (unpaired) electrons. The van der Waals surface area contributed by atoms with Crippen LogP contribution in [0.1, 0.15) is 74.8 Å². The van der Waals surface area contributed by atoms with Gasteiger partial charge in [-0.05, 0) is 69.9 Å². The highest BCUT2D eigenvalue weighted by Gasteiger charge is 2.39. The van der Waals surface area contributed by atoms with Crippen molar-refractivity contribution in [2.24, 2.45) is 5.92 Å². The number of hydrogen-bond acceptors (Lipinski definition) is 3. The highest BCUT2D eigenvalue weighted by atomic mass is 16.2. The van der Waals surface area contributed by atoms with Gasteiger partial charge in [0.25, 0.3) is 5.91 Å². The molecule has 132 valence electrons. The van der Waals surface area contributed by atoms with Crippen LogP contribution in [0.5, 0.6) is 0 Å². The largest absolute Gasteiger partial charge is 0.331 e. The second-order valence-electron chi connectivity index (χ2n) is 8.04. The maximum atomic E-state index is 13.1. The number of nitrogens with zero attached hydrogens (tertiary/aromatic N) is 3. The van der Waals surface area contributed by atoms with E-state index in [-0.39, 0.29) is 5.91 Å². The van der Waals surface area contributed by atoms with Gasteiger partial charge in [-0.15, -0.1) is 0 Å². The van der Waals surface area contributed by atoms with Crippen LogP contribution in [0.2, 0.25) is 0 Å². The van der Waals surface area contributed by atoms with Gasteiger partial charge in [-0.25, -0.2) is 0 Å². The number of hydrogen-bond donors (Lipinski definition) is 1. The molecule has 3 fully saturated rings. The second kappa shape index (κ2) is 6.87. The number of amides is 1. The molecule has 0 aromatic carbocycles. The van der Waals surface area contributed by atoms with Crippen molar-refractivity contribution in [1.29, 1.82) is 0 Å². The third-order valence-electron chi connectivity index (χ3n) is 6.03. The Balaban J connectivity index is 1.47. The van der Waals surface area contributed by atoms with Crippen molar-refractivity contribution in [2.45, 2.75) is 76.4 Å². The second-order valence-corrected chi connectivity index (χ2v) is 8.04. The lowest BCUT2D eigenvalue weighted by Crippen LogP contribution is -2.44. The van der Waals surface area contributed by atoms with E-state index in [1.807, 2.05) is 16.9 Å². The molecule has 1 amide bonds. The van der Waals surface area contributed by atoms with Crippen molar-refractivity contribution in [2.75, 3.05) is 13.1 Å². The van der Waals surface area contributed by atoms with Crippen molar-refractivity contribution in [3.05, 3.63) is 18.0 Å². The van der Waals surface area contributed by atoms with Crippen LogP contribution in [0.4, 0.5) is 0 Å². The normalized spacial score (nSPS) is 31.0. The summed E-state index contributed by atoms with van der Waals surface area (Å²) in [5, 5.41) is 8.08. The van der Waals surface area contributed by atoms with Gasteiger partial charge in [0.2, 0.25) is 0 Å². The Bertz CT molecular complexity index is 566. The first-order chi connectivity index (χ1) is 11.7. The smallest absolute Gasteiger partial charge is 0.274 e. The quantitative estimate of drug-likeness (QED) is 0.923. The van der Waals surface area contributed by atoms with Gasteiger partial charge in [-0.1, -0.05) is 6.92 Å². The lowest BCUT2D eigenvalue weighted by Gasteiger charge is -2.36. The number of aromatic nitrogens is 2. The minimum Gasteiger partial charge on any atom is -0.331 e. The lowest BCUT2D eigenvalue weighted by molar-refractivity contribution is 0.0585. The number of carbonyl (C=O) groups is 1. The fourth-order valence-electron chi connectivity index (χ4n) is 4.35. The molecule has 2 saturated carbocycles. The van der Waals surface area contributed by atoms with Gasteiger partial charge in [-0.2, -0.15) is 5.10 Å². The Hall–Kier alpha value is -1.36. The Labute approximate surface area is 144 Å². The predicted octanol–water partition coefficient (Wildman–Crippen LogP) is 2.99. The van der Waals surface area contributed by atoms with Crippen LogP contribution < -0.4 is 5.32 Å². The zero-order chi connectivity index (χ0) is 16.5. The van der Waals surface area contributed by atoms with E-state index in [1.54, 1.807) is 0 Å². The van der Waals surface area contributed by atoms with Gasteiger partial charge in [0.15, 0.2) is 0 Å². The first-order valence-electron chi connectivity index (χ1n) is 9.81. The molecule has 5 nitrogen and oxygen atoms in total. The van der Waals surface area contributed by atoms with Crippen LogP contribution in [0, 0.1) is 5.92 Å². The molecule has 2 aliphatic carbocycles. The maximum absolute atomic E-state index is 13.1. The lowest BCUT2D eigenvalue weighted by atomic mass is 9.86. The Morgan fingerprint density at radius 2 is 1.88 bits per heavy atom. The van der Waals surface area contributed by atoms with Crippen molar-refractivity contribution < 1.29 is 4.79 Å². The SMILES string of the molecule is CC1CCC(N(C(=O)c2ccn(C3CCCNC3)n2)C2CC2)CC1. The molecule has 1 aromatic rings. The topological polar surface area (TPSA) is 50.2 Å². The van der Waals surface area contributed by atoms with Crippen LogP contribution in [0.15, 0.2) is 12.3 Å². The zero-order valence-corrected chi connectivity index (χ0v) is 14.8. The fourth-order valence-corrected chi connectivity index (χ4v) is 4.35. The number of nitrogens with one attached hydrogen (secondary N) is 1. The van der Waals surface area contributed by atoms with E-state index in [0.29, 0.717) is 23.8 Å². The Kier molecular flexibility index (Phi) is 4.61. The molecular formula is C19H30N4O. The van der Waals surface area contributed by atoms with Gasteiger partial charge >= 0.3 is 0 Å². The summed E-state index contributed by atoms with van der Waals surface area (Å²) in [7, 11) is 0. The first-order valence-corrected chi connectivity index (χ1v) is 9.81.